The van der Waals surface area contributed by atoms with Crippen LogP contribution < -0.4 is 0 Å². The van der Waals surface area contributed by atoms with Crippen LogP contribution >= 0.6 is 24.4 Å². The van der Waals surface area contributed by atoms with Gasteiger partial charge in [0.2, 0.25) is 0 Å². The monoisotopic (exact) mass is 244 g/mol. The van der Waals surface area contributed by atoms with Gasteiger partial charge in [0, 0.05) is 23.9 Å². The van der Waals surface area contributed by atoms with E-state index < -0.39 is 0 Å². The predicted octanol–water partition coefficient (Wildman–Crippen LogP) is 3.25. The van der Waals surface area contributed by atoms with Crippen molar-refractivity contribution in [3.63, 3.8) is 0 Å². The highest BCUT2D eigenvalue weighted by atomic mass is 32.2. The average Bonchev–Trinajstić information content (AvgIpc) is 2.67. The van der Waals surface area contributed by atoms with Gasteiger partial charge in [0.25, 0.3) is 0 Å². The molecule has 4 heteroatoms. The normalized spacial score (nSPS) is 12.0. The van der Waals surface area contributed by atoms with Crippen LogP contribution in [0.3, 0.4) is 0 Å². The molecule has 0 aliphatic heterocycles. The van der Waals surface area contributed by atoms with Crippen LogP contribution in [0.5, 0.6) is 0 Å². The number of aryl methyl sites for hydroxylation is 1. The Bertz CT molecular complexity index is 284. The van der Waals surface area contributed by atoms with Crippen molar-refractivity contribution >= 4 is 24.4 Å². The minimum Gasteiger partial charge on any atom is -0.275 e. The molecular weight excluding hydrogens is 224 g/mol. The lowest BCUT2D eigenvalue weighted by Crippen LogP contribution is -2.24. The van der Waals surface area contributed by atoms with Crippen molar-refractivity contribution in [3.8, 4) is 0 Å². The van der Waals surface area contributed by atoms with Crippen LogP contribution in [-0.2, 0) is 7.05 Å². The minimum absolute atomic E-state index is 0.379. The summed E-state index contributed by atoms with van der Waals surface area (Å²) in [6.45, 7) is 4.51. The van der Waals surface area contributed by atoms with Crippen LogP contribution in [-0.4, -0.2) is 21.3 Å². The second kappa shape index (κ2) is 5.85. The van der Waals surface area contributed by atoms with Crippen molar-refractivity contribution in [2.24, 2.45) is 12.5 Å². The number of aromatic nitrogens is 2. The van der Waals surface area contributed by atoms with Gasteiger partial charge in [0.1, 0.15) is 0 Å². The zero-order valence-electron chi connectivity index (χ0n) is 9.73. The van der Waals surface area contributed by atoms with Gasteiger partial charge in [-0.05, 0) is 24.0 Å². The summed E-state index contributed by atoms with van der Waals surface area (Å²) in [5.41, 5.74) is 0.379. The fraction of sp³-hybridized carbons (Fsp3) is 0.727. The largest absolute Gasteiger partial charge is 0.275 e. The molecule has 0 amide bonds. The van der Waals surface area contributed by atoms with Crippen molar-refractivity contribution in [2.45, 2.75) is 31.6 Å². The summed E-state index contributed by atoms with van der Waals surface area (Å²) in [5, 5.41) is 4.17. The van der Waals surface area contributed by atoms with Crippen LogP contribution in [0.4, 0.5) is 0 Å². The first-order valence-electron chi connectivity index (χ1n) is 5.38. The molecule has 1 aromatic rings. The highest BCUT2D eigenvalue weighted by molar-refractivity contribution is 7.99. The summed E-state index contributed by atoms with van der Waals surface area (Å²) in [7, 11) is 1.95. The summed E-state index contributed by atoms with van der Waals surface area (Å²) in [4.78, 5) is 1.26. The van der Waals surface area contributed by atoms with E-state index >= 15 is 0 Å². The molecule has 2 nitrogen and oxygen atoms in total. The van der Waals surface area contributed by atoms with Crippen molar-refractivity contribution in [1.82, 2.24) is 9.78 Å². The first-order valence-corrected chi connectivity index (χ1v) is 7.00. The van der Waals surface area contributed by atoms with Gasteiger partial charge >= 0.3 is 0 Å². The number of rotatable bonds is 6. The number of hydrogen-bond donors (Lipinski definition) is 1. The molecule has 15 heavy (non-hydrogen) atoms. The van der Waals surface area contributed by atoms with Crippen molar-refractivity contribution in [3.05, 3.63) is 12.4 Å². The quantitative estimate of drug-likeness (QED) is 0.611. The summed E-state index contributed by atoms with van der Waals surface area (Å²) in [5.74, 6) is 2.10. The molecule has 0 N–H and O–H groups in total. The first-order chi connectivity index (χ1) is 7.15. The Morgan fingerprint density at radius 3 is 2.53 bits per heavy atom. The molecular formula is C11H20N2S2. The molecule has 86 valence electrons. The van der Waals surface area contributed by atoms with E-state index in [1.165, 1.54) is 17.7 Å². The van der Waals surface area contributed by atoms with Gasteiger partial charge in [-0.1, -0.05) is 13.8 Å². The molecule has 0 bridgehead atoms. The molecule has 0 aromatic carbocycles. The molecule has 0 fully saturated rings. The SMILES string of the molecule is CCC(CC)(CS)CSc1cnn(C)c1. The Morgan fingerprint density at radius 1 is 1.47 bits per heavy atom. The number of thiol groups is 1. The molecule has 0 spiro atoms. The average molecular weight is 244 g/mol. The molecule has 0 saturated carbocycles. The molecule has 1 rings (SSSR count). The van der Waals surface area contributed by atoms with Gasteiger partial charge in [0.05, 0.1) is 6.20 Å². The van der Waals surface area contributed by atoms with Gasteiger partial charge in [0.15, 0.2) is 0 Å². The Morgan fingerprint density at radius 2 is 2.13 bits per heavy atom. The van der Waals surface area contributed by atoms with Crippen LogP contribution in [0, 0.1) is 5.41 Å². The van der Waals surface area contributed by atoms with Gasteiger partial charge < -0.3 is 0 Å². The molecule has 0 saturated heterocycles. The van der Waals surface area contributed by atoms with Crippen molar-refractivity contribution in [2.75, 3.05) is 11.5 Å². The lowest BCUT2D eigenvalue weighted by atomic mass is 9.87. The first kappa shape index (κ1) is 13.0. The molecule has 0 aliphatic rings. The summed E-state index contributed by atoms with van der Waals surface area (Å²) in [6.07, 6.45) is 6.39. The van der Waals surface area contributed by atoms with Crippen LogP contribution in [0.15, 0.2) is 17.3 Å². The lowest BCUT2D eigenvalue weighted by Gasteiger charge is -2.29. The zero-order chi connectivity index (χ0) is 11.3. The van der Waals surface area contributed by atoms with E-state index in [4.69, 9.17) is 0 Å². The van der Waals surface area contributed by atoms with E-state index in [1.54, 1.807) is 0 Å². The zero-order valence-corrected chi connectivity index (χ0v) is 11.4. The third kappa shape index (κ3) is 3.45. The second-order valence-electron chi connectivity index (χ2n) is 4.00. The molecule has 1 heterocycles. The van der Waals surface area contributed by atoms with Gasteiger partial charge in [-0.25, -0.2) is 0 Å². The molecule has 0 aliphatic carbocycles. The summed E-state index contributed by atoms with van der Waals surface area (Å²) >= 11 is 6.37. The van der Waals surface area contributed by atoms with Gasteiger partial charge in [-0.3, -0.25) is 4.68 Å². The Hall–Kier alpha value is -0.0900. The van der Waals surface area contributed by atoms with Crippen LogP contribution in [0.2, 0.25) is 0 Å². The van der Waals surface area contributed by atoms with E-state index in [9.17, 15) is 0 Å². The maximum atomic E-state index is 4.48. The molecule has 0 radical (unpaired) electrons. The van der Waals surface area contributed by atoms with E-state index in [1.807, 2.05) is 29.7 Å². The lowest BCUT2D eigenvalue weighted by molar-refractivity contribution is 0.357. The van der Waals surface area contributed by atoms with E-state index in [2.05, 4.69) is 37.8 Å². The second-order valence-corrected chi connectivity index (χ2v) is 5.37. The third-order valence-electron chi connectivity index (χ3n) is 3.06. The van der Waals surface area contributed by atoms with E-state index in [-0.39, 0.29) is 0 Å². The maximum Gasteiger partial charge on any atom is 0.0625 e. The smallest absolute Gasteiger partial charge is 0.0625 e. The van der Waals surface area contributed by atoms with Crippen molar-refractivity contribution in [1.29, 1.82) is 0 Å². The topological polar surface area (TPSA) is 17.8 Å². The Kier molecular flexibility index (Phi) is 5.06. The maximum absolute atomic E-state index is 4.48. The highest BCUT2D eigenvalue weighted by Crippen LogP contribution is 2.34. The third-order valence-corrected chi connectivity index (χ3v) is 5.03. The minimum atomic E-state index is 0.379. The van der Waals surface area contributed by atoms with Gasteiger partial charge in [-0.2, -0.15) is 17.7 Å². The van der Waals surface area contributed by atoms with E-state index in [0.29, 0.717) is 5.41 Å². The predicted molar refractivity (Wildman–Crippen MR) is 70.8 cm³/mol. The molecule has 1 aromatic heterocycles. The fourth-order valence-electron chi connectivity index (χ4n) is 1.43. The summed E-state index contributed by atoms with van der Waals surface area (Å²) < 4.78 is 1.85. The number of hydrogen-bond acceptors (Lipinski definition) is 3. The standard InChI is InChI=1S/C11H20N2S2/c1-4-11(5-2,8-14)9-15-10-6-12-13(3)7-10/h6-7,14H,4-5,8-9H2,1-3H3. The highest BCUT2D eigenvalue weighted by Gasteiger charge is 2.24. The number of nitrogens with zero attached hydrogens (tertiary/aromatic N) is 2. The van der Waals surface area contributed by atoms with Crippen LogP contribution in [0.25, 0.3) is 0 Å². The van der Waals surface area contributed by atoms with Gasteiger partial charge in [-0.15, -0.1) is 11.8 Å². The summed E-state index contributed by atoms with van der Waals surface area (Å²) in [6, 6.07) is 0. The Labute approximate surface area is 102 Å². The van der Waals surface area contributed by atoms with E-state index in [0.717, 1.165) is 11.5 Å². The van der Waals surface area contributed by atoms with Crippen molar-refractivity contribution < 1.29 is 0 Å². The van der Waals surface area contributed by atoms with Crippen LogP contribution in [0.1, 0.15) is 26.7 Å². The molecule has 0 unspecified atom stereocenters. The molecule has 0 atom stereocenters. The fourth-order valence-corrected chi connectivity index (χ4v) is 3.48. The number of thioether (sulfide) groups is 1. The Balaban J connectivity index is 2.54.